The second-order valence-electron chi connectivity index (χ2n) is 3.94. The molecule has 82 valence electrons. The molecule has 0 heterocycles. The van der Waals surface area contributed by atoms with Crippen LogP contribution in [0.5, 0.6) is 0 Å². The van der Waals surface area contributed by atoms with Gasteiger partial charge >= 0.3 is 0 Å². The maximum atomic E-state index is 13.4. The summed E-state index contributed by atoms with van der Waals surface area (Å²) < 4.78 is 13.4. The summed E-state index contributed by atoms with van der Waals surface area (Å²) in [6.45, 7) is 0. The van der Waals surface area contributed by atoms with Crippen LogP contribution in [0.25, 0.3) is 0 Å². The van der Waals surface area contributed by atoms with E-state index in [0.29, 0.717) is 4.90 Å². The van der Waals surface area contributed by atoms with Crippen molar-refractivity contribution >= 4 is 11.8 Å². The standard InChI is InChI=1S/C12H15FOS/c13-9-5-1-3-7-11(9)15-12-8-4-2-6-10(12)14/h1,3,5,7,10,12,14H,2,4,6,8H2/t10-,12-/m0/s1. The topological polar surface area (TPSA) is 20.2 Å². The van der Waals surface area contributed by atoms with E-state index in [0.717, 1.165) is 25.7 Å². The Morgan fingerprint density at radius 1 is 1.20 bits per heavy atom. The van der Waals surface area contributed by atoms with Crippen molar-refractivity contribution in [2.24, 2.45) is 0 Å². The Bertz CT molecular complexity index is 329. The maximum Gasteiger partial charge on any atom is 0.136 e. The van der Waals surface area contributed by atoms with Crippen LogP contribution in [0.15, 0.2) is 29.2 Å². The van der Waals surface area contributed by atoms with E-state index in [2.05, 4.69) is 0 Å². The number of hydrogen-bond acceptors (Lipinski definition) is 2. The molecule has 2 atom stereocenters. The highest BCUT2D eigenvalue weighted by Crippen LogP contribution is 2.34. The first-order valence-corrected chi connectivity index (χ1v) is 6.24. The van der Waals surface area contributed by atoms with Crippen molar-refractivity contribution in [2.75, 3.05) is 0 Å². The minimum absolute atomic E-state index is 0.163. The monoisotopic (exact) mass is 226 g/mol. The number of rotatable bonds is 2. The molecule has 1 N–H and O–H groups in total. The molecule has 1 aromatic carbocycles. The van der Waals surface area contributed by atoms with E-state index in [-0.39, 0.29) is 17.2 Å². The molecule has 0 amide bonds. The van der Waals surface area contributed by atoms with Gasteiger partial charge in [-0.05, 0) is 25.0 Å². The van der Waals surface area contributed by atoms with Crippen LogP contribution in [0, 0.1) is 5.82 Å². The Hall–Kier alpha value is -0.540. The molecule has 0 saturated heterocycles. The molecule has 1 aromatic rings. The van der Waals surface area contributed by atoms with Crippen LogP contribution in [0.4, 0.5) is 4.39 Å². The third kappa shape index (κ3) is 2.73. The number of aliphatic hydroxyl groups is 1. The second-order valence-corrected chi connectivity index (χ2v) is 5.22. The summed E-state index contributed by atoms with van der Waals surface area (Å²) in [6, 6.07) is 6.77. The van der Waals surface area contributed by atoms with Gasteiger partial charge in [-0.1, -0.05) is 25.0 Å². The lowest BCUT2D eigenvalue weighted by Crippen LogP contribution is -2.26. The van der Waals surface area contributed by atoms with Crippen LogP contribution in [0.3, 0.4) is 0 Å². The fraction of sp³-hybridized carbons (Fsp3) is 0.500. The normalized spacial score (nSPS) is 26.5. The highest BCUT2D eigenvalue weighted by molar-refractivity contribution is 8.00. The third-order valence-electron chi connectivity index (χ3n) is 2.78. The largest absolute Gasteiger partial charge is 0.392 e. The summed E-state index contributed by atoms with van der Waals surface area (Å²) in [5, 5.41) is 9.94. The quantitative estimate of drug-likeness (QED) is 0.835. The molecule has 0 aromatic heterocycles. The molecule has 1 nitrogen and oxygen atoms in total. The lowest BCUT2D eigenvalue weighted by molar-refractivity contribution is 0.137. The second kappa shape index (κ2) is 4.99. The third-order valence-corrected chi connectivity index (χ3v) is 4.22. The number of halogens is 1. The van der Waals surface area contributed by atoms with Gasteiger partial charge in [-0.2, -0.15) is 0 Å². The molecule has 1 saturated carbocycles. The average molecular weight is 226 g/mol. The molecule has 3 heteroatoms. The van der Waals surface area contributed by atoms with Gasteiger partial charge < -0.3 is 5.11 Å². The summed E-state index contributed by atoms with van der Waals surface area (Å²) in [6.07, 6.45) is 3.80. The summed E-state index contributed by atoms with van der Waals surface area (Å²) in [5.41, 5.74) is 0. The Morgan fingerprint density at radius 2 is 1.93 bits per heavy atom. The number of benzene rings is 1. The summed E-state index contributed by atoms with van der Waals surface area (Å²) in [5.74, 6) is -0.180. The minimum atomic E-state index is -0.275. The first-order chi connectivity index (χ1) is 7.27. The fourth-order valence-corrected chi connectivity index (χ4v) is 3.16. The Labute approximate surface area is 93.7 Å². The molecule has 1 aliphatic carbocycles. The predicted molar refractivity (Wildman–Crippen MR) is 60.5 cm³/mol. The van der Waals surface area contributed by atoms with Crippen molar-refractivity contribution in [1.82, 2.24) is 0 Å². The summed E-state index contributed by atoms with van der Waals surface area (Å²) in [4.78, 5) is 0.656. The number of thioether (sulfide) groups is 1. The summed E-state index contributed by atoms with van der Waals surface area (Å²) in [7, 11) is 0. The van der Waals surface area contributed by atoms with E-state index in [1.165, 1.54) is 17.8 Å². The molecule has 0 bridgehead atoms. The first kappa shape index (κ1) is 11.0. The smallest absolute Gasteiger partial charge is 0.136 e. The van der Waals surface area contributed by atoms with Crippen molar-refractivity contribution < 1.29 is 9.50 Å². The molecule has 0 spiro atoms. The van der Waals surface area contributed by atoms with Crippen LogP contribution < -0.4 is 0 Å². The summed E-state index contributed by atoms with van der Waals surface area (Å²) >= 11 is 1.47. The van der Waals surface area contributed by atoms with Crippen molar-refractivity contribution in [1.29, 1.82) is 0 Å². The van der Waals surface area contributed by atoms with Crippen molar-refractivity contribution in [2.45, 2.75) is 41.9 Å². The minimum Gasteiger partial charge on any atom is -0.392 e. The highest BCUT2D eigenvalue weighted by atomic mass is 32.2. The lowest BCUT2D eigenvalue weighted by Gasteiger charge is -2.26. The van der Waals surface area contributed by atoms with E-state index >= 15 is 0 Å². The SMILES string of the molecule is O[C@H]1CCCC[C@@H]1Sc1ccccc1F. The van der Waals surface area contributed by atoms with Crippen LogP contribution in [0.1, 0.15) is 25.7 Å². The van der Waals surface area contributed by atoms with E-state index in [9.17, 15) is 9.50 Å². The molecule has 0 aliphatic heterocycles. The fourth-order valence-electron chi connectivity index (χ4n) is 1.92. The van der Waals surface area contributed by atoms with Crippen molar-refractivity contribution in [3.05, 3.63) is 30.1 Å². The molecule has 0 unspecified atom stereocenters. The zero-order valence-electron chi connectivity index (χ0n) is 8.53. The van der Waals surface area contributed by atoms with E-state index in [1.807, 2.05) is 6.07 Å². The Morgan fingerprint density at radius 3 is 2.67 bits per heavy atom. The van der Waals surface area contributed by atoms with Gasteiger partial charge in [0.1, 0.15) is 5.82 Å². The number of hydrogen-bond donors (Lipinski definition) is 1. The molecule has 2 rings (SSSR count). The molecular formula is C12H15FOS. The van der Waals surface area contributed by atoms with Crippen LogP contribution in [-0.2, 0) is 0 Å². The van der Waals surface area contributed by atoms with Crippen molar-refractivity contribution in [3.63, 3.8) is 0 Å². The average Bonchev–Trinajstić information content (AvgIpc) is 2.24. The van der Waals surface area contributed by atoms with Gasteiger partial charge in [-0.15, -0.1) is 11.8 Å². The lowest BCUT2D eigenvalue weighted by atomic mass is 9.97. The Balaban J connectivity index is 2.04. The van der Waals surface area contributed by atoms with Gasteiger partial charge in [0.25, 0.3) is 0 Å². The van der Waals surface area contributed by atoms with Gasteiger partial charge in [0.15, 0.2) is 0 Å². The van der Waals surface area contributed by atoms with Crippen LogP contribution in [-0.4, -0.2) is 16.5 Å². The van der Waals surface area contributed by atoms with Crippen molar-refractivity contribution in [3.8, 4) is 0 Å². The Kier molecular flexibility index (Phi) is 3.65. The number of aliphatic hydroxyl groups excluding tert-OH is 1. The van der Waals surface area contributed by atoms with Crippen LogP contribution >= 0.6 is 11.8 Å². The molecule has 1 fully saturated rings. The first-order valence-electron chi connectivity index (χ1n) is 5.36. The predicted octanol–water partition coefficient (Wildman–Crippen LogP) is 3.22. The maximum absolute atomic E-state index is 13.4. The molecule has 1 aliphatic rings. The highest BCUT2D eigenvalue weighted by Gasteiger charge is 2.24. The van der Waals surface area contributed by atoms with E-state index in [4.69, 9.17) is 0 Å². The molecular weight excluding hydrogens is 211 g/mol. The zero-order chi connectivity index (χ0) is 10.7. The zero-order valence-corrected chi connectivity index (χ0v) is 9.34. The molecule has 0 radical (unpaired) electrons. The molecule has 15 heavy (non-hydrogen) atoms. The van der Waals surface area contributed by atoms with Gasteiger partial charge in [0.2, 0.25) is 0 Å². The van der Waals surface area contributed by atoms with Gasteiger partial charge in [0, 0.05) is 10.1 Å². The van der Waals surface area contributed by atoms with Crippen LogP contribution in [0.2, 0.25) is 0 Å². The van der Waals surface area contributed by atoms with Gasteiger partial charge in [-0.3, -0.25) is 0 Å². The van der Waals surface area contributed by atoms with E-state index < -0.39 is 0 Å². The van der Waals surface area contributed by atoms with E-state index in [1.54, 1.807) is 12.1 Å². The van der Waals surface area contributed by atoms with Gasteiger partial charge in [-0.25, -0.2) is 4.39 Å². The van der Waals surface area contributed by atoms with Gasteiger partial charge in [0.05, 0.1) is 6.10 Å².